The molecular weight excluding hydrogens is 368 g/mol. The molecule has 1 aromatic rings. The summed E-state index contributed by atoms with van der Waals surface area (Å²) in [5, 5.41) is 0. The van der Waals surface area contributed by atoms with Crippen LogP contribution in [0.25, 0.3) is 0 Å². The van der Waals surface area contributed by atoms with Crippen LogP contribution in [0.3, 0.4) is 0 Å². The molecule has 3 nitrogen and oxygen atoms in total. The van der Waals surface area contributed by atoms with E-state index in [1.807, 2.05) is 13.3 Å². The molecule has 0 aromatic heterocycles. The van der Waals surface area contributed by atoms with Gasteiger partial charge in [-0.1, -0.05) is 44.5 Å². The Balaban J connectivity index is 1.64. The maximum Gasteiger partial charge on any atom is 0.133 e. The standard InChI is InChI=1S/C27H38N2O/c1-19-14-21(3)26(18-28-4)27(29-17-19)24-11-7-9-22(15-24)16-25(30)13-12-23-10-6-5-8-20(23)2/h5-6,8,10,17-19,21-22,24H,7,9,11-16H2,1-4H3/t19?,21?,22-,24?/m1/s1. The average Bonchev–Trinajstić information content (AvgIpc) is 2.86. The van der Waals surface area contributed by atoms with E-state index in [1.54, 1.807) is 0 Å². The molecule has 0 amide bonds. The first-order chi connectivity index (χ1) is 14.5. The van der Waals surface area contributed by atoms with Crippen LogP contribution in [0.4, 0.5) is 0 Å². The van der Waals surface area contributed by atoms with Crippen LogP contribution in [0.5, 0.6) is 0 Å². The first kappa shape index (κ1) is 22.7. The summed E-state index contributed by atoms with van der Waals surface area (Å²) >= 11 is 0. The van der Waals surface area contributed by atoms with Crippen molar-refractivity contribution in [1.82, 2.24) is 0 Å². The van der Waals surface area contributed by atoms with Crippen molar-refractivity contribution < 1.29 is 4.79 Å². The minimum atomic E-state index is 0.416. The third-order valence-electron chi connectivity index (χ3n) is 6.91. The molecule has 0 N–H and O–H groups in total. The fourth-order valence-corrected chi connectivity index (χ4v) is 5.27. The highest BCUT2D eigenvalue weighted by Gasteiger charge is 2.30. The molecule has 0 spiro atoms. The van der Waals surface area contributed by atoms with Crippen molar-refractivity contribution in [3.63, 3.8) is 0 Å². The van der Waals surface area contributed by atoms with Crippen LogP contribution in [-0.4, -0.2) is 25.3 Å². The molecule has 1 heterocycles. The highest BCUT2D eigenvalue weighted by Crippen LogP contribution is 2.39. The van der Waals surface area contributed by atoms with Gasteiger partial charge in [0.2, 0.25) is 0 Å². The minimum absolute atomic E-state index is 0.416. The Morgan fingerprint density at radius 2 is 2.00 bits per heavy atom. The summed E-state index contributed by atoms with van der Waals surface area (Å²) in [4.78, 5) is 22.0. The molecule has 1 fully saturated rings. The Kier molecular flexibility index (Phi) is 8.18. The largest absolute Gasteiger partial charge is 0.300 e. The SMILES string of the molecule is CN=CC1=C(C2CCC[C@@H](CC(=O)CCc3ccccc3C)C2)N=CC(C)CC1C. The smallest absolute Gasteiger partial charge is 0.133 e. The molecule has 162 valence electrons. The summed E-state index contributed by atoms with van der Waals surface area (Å²) in [5.74, 6) is 2.36. The van der Waals surface area contributed by atoms with Crippen molar-refractivity contribution in [2.45, 2.75) is 72.1 Å². The van der Waals surface area contributed by atoms with E-state index in [4.69, 9.17) is 4.99 Å². The van der Waals surface area contributed by atoms with Crippen molar-refractivity contribution in [3.05, 3.63) is 46.7 Å². The predicted octanol–water partition coefficient (Wildman–Crippen LogP) is 6.39. The number of hydrogen-bond donors (Lipinski definition) is 0. The van der Waals surface area contributed by atoms with Gasteiger partial charge in [0.1, 0.15) is 5.78 Å². The molecule has 1 aliphatic heterocycles. The van der Waals surface area contributed by atoms with E-state index in [2.05, 4.69) is 56.2 Å². The van der Waals surface area contributed by atoms with Crippen LogP contribution in [0.15, 0.2) is 45.5 Å². The van der Waals surface area contributed by atoms with Crippen LogP contribution < -0.4 is 0 Å². The Morgan fingerprint density at radius 1 is 1.20 bits per heavy atom. The molecule has 3 unspecified atom stereocenters. The zero-order valence-electron chi connectivity index (χ0n) is 19.2. The maximum absolute atomic E-state index is 12.7. The second kappa shape index (κ2) is 10.8. The van der Waals surface area contributed by atoms with Crippen molar-refractivity contribution in [2.24, 2.45) is 33.7 Å². The number of hydrogen-bond acceptors (Lipinski definition) is 3. The fourth-order valence-electron chi connectivity index (χ4n) is 5.27. The van der Waals surface area contributed by atoms with Gasteiger partial charge in [-0.3, -0.25) is 14.8 Å². The number of carbonyl (C=O) groups excluding carboxylic acids is 1. The van der Waals surface area contributed by atoms with Crippen molar-refractivity contribution >= 4 is 18.2 Å². The molecule has 1 saturated carbocycles. The van der Waals surface area contributed by atoms with Gasteiger partial charge in [-0.25, -0.2) is 0 Å². The van der Waals surface area contributed by atoms with Crippen LogP contribution in [0.2, 0.25) is 0 Å². The van der Waals surface area contributed by atoms with Crippen molar-refractivity contribution in [2.75, 3.05) is 7.05 Å². The number of carbonyl (C=O) groups is 1. The quantitative estimate of drug-likeness (QED) is 0.483. The second-order valence-corrected chi connectivity index (χ2v) is 9.52. The van der Waals surface area contributed by atoms with Gasteiger partial charge in [-0.2, -0.15) is 0 Å². The van der Waals surface area contributed by atoms with Gasteiger partial charge in [0.05, 0.1) is 0 Å². The number of aryl methyl sites for hydroxylation is 2. The molecular formula is C27H38N2O. The fraction of sp³-hybridized carbons (Fsp3) is 0.593. The van der Waals surface area contributed by atoms with Crippen LogP contribution in [0.1, 0.15) is 69.9 Å². The number of nitrogens with zero attached hydrogens (tertiary/aromatic N) is 2. The van der Waals surface area contributed by atoms with E-state index in [1.165, 1.54) is 41.7 Å². The third-order valence-corrected chi connectivity index (χ3v) is 6.91. The van der Waals surface area contributed by atoms with E-state index in [0.717, 1.165) is 25.7 Å². The second-order valence-electron chi connectivity index (χ2n) is 9.52. The lowest BCUT2D eigenvalue weighted by atomic mass is 9.76. The van der Waals surface area contributed by atoms with E-state index < -0.39 is 0 Å². The first-order valence-corrected chi connectivity index (χ1v) is 11.7. The molecule has 1 aromatic carbocycles. The lowest BCUT2D eigenvalue weighted by molar-refractivity contribution is -0.120. The Bertz CT molecular complexity index is 820. The monoisotopic (exact) mass is 406 g/mol. The molecule has 3 heteroatoms. The third kappa shape index (κ3) is 6.00. The molecule has 1 aliphatic carbocycles. The Hall–Kier alpha value is -2.03. The summed E-state index contributed by atoms with van der Waals surface area (Å²) in [6.45, 7) is 6.68. The molecule has 0 radical (unpaired) electrons. The number of Topliss-reactive ketones (excluding diaryl/α,β-unsaturated/α-hetero) is 1. The van der Waals surface area contributed by atoms with Gasteiger partial charge >= 0.3 is 0 Å². The zero-order chi connectivity index (χ0) is 21.5. The lowest BCUT2D eigenvalue weighted by Gasteiger charge is -2.30. The molecule has 4 atom stereocenters. The Labute approximate surface area is 182 Å². The van der Waals surface area contributed by atoms with E-state index >= 15 is 0 Å². The van der Waals surface area contributed by atoms with Gasteiger partial charge < -0.3 is 0 Å². The Morgan fingerprint density at radius 3 is 2.77 bits per heavy atom. The zero-order valence-corrected chi connectivity index (χ0v) is 19.2. The van der Waals surface area contributed by atoms with Crippen LogP contribution in [0, 0.1) is 30.6 Å². The number of allylic oxidation sites excluding steroid dienone is 2. The summed E-state index contributed by atoms with van der Waals surface area (Å²) in [6, 6.07) is 8.41. The van der Waals surface area contributed by atoms with E-state index in [-0.39, 0.29) is 0 Å². The van der Waals surface area contributed by atoms with Crippen LogP contribution in [-0.2, 0) is 11.2 Å². The minimum Gasteiger partial charge on any atom is -0.300 e. The van der Waals surface area contributed by atoms with Crippen LogP contribution >= 0.6 is 0 Å². The number of aliphatic imine (C=N–C) groups is 2. The van der Waals surface area contributed by atoms with Crippen molar-refractivity contribution in [1.29, 1.82) is 0 Å². The summed E-state index contributed by atoms with van der Waals surface area (Å²) in [5.41, 5.74) is 5.15. The van der Waals surface area contributed by atoms with Gasteiger partial charge in [0, 0.05) is 43.9 Å². The first-order valence-electron chi connectivity index (χ1n) is 11.7. The van der Waals surface area contributed by atoms with E-state index in [9.17, 15) is 4.79 Å². The number of ketones is 1. The summed E-state index contributed by atoms with van der Waals surface area (Å²) in [6.07, 6.45) is 12.2. The molecule has 30 heavy (non-hydrogen) atoms. The van der Waals surface area contributed by atoms with Gasteiger partial charge in [0.15, 0.2) is 0 Å². The van der Waals surface area contributed by atoms with Gasteiger partial charge in [0.25, 0.3) is 0 Å². The summed E-state index contributed by atoms with van der Waals surface area (Å²) < 4.78 is 0. The molecule has 0 bridgehead atoms. The normalized spacial score (nSPS) is 27.5. The molecule has 0 saturated heterocycles. The lowest BCUT2D eigenvalue weighted by Crippen LogP contribution is -2.21. The summed E-state index contributed by atoms with van der Waals surface area (Å²) in [7, 11) is 1.85. The van der Waals surface area contributed by atoms with Crippen molar-refractivity contribution in [3.8, 4) is 0 Å². The number of rotatable bonds is 7. The van der Waals surface area contributed by atoms with E-state index in [0.29, 0.717) is 35.9 Å². The predicted molar refractivity (Wildman–Crippen MR) is 127 cm³/mol. The number of benzene rings is 1. The van der Waals surface area contributed by atoms with Gasteiger partial charge in [-0.15, -0.1) is 0 Å². The van der Waals surface area contributed by atoms with Gasteiger partial charge in [-0.05, 0) is 73.5 Å². The highest BCUT2D eigenvalue weighted by molar-refractivity contribution is 5.82. The highest BCUT2D eigenvalue weighted by atomic mass is 16.1. The molecule has 2 aliphatic rings. The average molecular weight is 407 g/mol. The molecule has 3 rings (SSSR count). The topological polar surface area (TPSA) is 41.8 Å². The maximum atomic E-state index is 12.7.